The van der Waals surface area contributed by atoms with Gasteiger partial charge >= 0.3 is 6.09 Å². The van der Waals surface area contributed by atoms with Crippen molar-refractivity contribution in [3.05, 3.63) is 71.8 Å². The number of piperazine rings is 1. The van der Waals surface area contributed by atoms with Crippen LogP contribution in [0, 0.1) is 11.6 Å². The molecule has 0 saturated carbocycles. The highest BCUT2D eigenvalue weighted by atomic mass is 32.2. The van der Waals surface area contributed by atoms with Gasteiger partial charge in [0, 0.05) is 92.3 Å². The molecule has 0 spiro atoms. The average Bonchev–Trinajstić information content (AvgIpc) is 3.42. The van der Waals surface area contributed by atoms with Crippen molar-refractivity contribution < 1.29 is 32.4 Å². The summed E-state index contributed by atoms with van der Waals surface area (Å²) in [5, 5.41) is 11.0. The molecule has 248 valence electrons. The fraction of sp³-hybridized carbons (Fsp3) is 0.364. The maximum Gasteiger partial charge on any atom is 0.435 e. The summed E-state index contributed by atoms with van der Waals surface area (Å²) in [6.45, 7) is 6.59. The summed E-state index contributed by atoms with van der Waals surface area (Å²) >= 11 is -1.97. The van der Waals surface area contributed by atoms with E-state index in [1.807, 2.05) is 12.1 Å². The zero-order valence-electron chi connectivity index (χ0n) is 26.1. The van der Waals surface area contributed by atoms with Crippen molar-refractivity contribution in [3.8, 4) is 0 Å². The van der Waals surface area contributed by atoms with Crippen LogP contribution in [0.4, 0.5) is 30.8 Å². The number of aromatic nitrogens is 2. The van der Waals surface area contributed by atoms with Crippen molar-refractivity contribution in [2.24, 2.45) is 0 Å². The van der Waals surface area contributed by atoms with Crippen molar-refractivity contribution >= 4 is 51.3 Å². The molecule has 2 saturated heterocycles. The second-order valence-electron chi connectivity index (χ2n) is 11.5. The molecule has 2 aliphatic heterocycles. The third-order valence-corrected chi connectivity index (χ3v) is 9.63. The van der Waals surface area contributed by atoms with Gasteiger partial charge in [-0.05, 0) is 57.1 Å². The molecule has 6 rings (SSSR count). The van der Waals surface area contributed by atoms with Crippen molar-refractivity contribution in [2.75, 3.05) is 68.6 Å². The van der Waals surface area contributed by atoms with Crippen LogP contribution in [0.5, 0.6) is 0 Å². The van der Waals surface area contributed by atoms with Gasteiger partial charge < -0.3 is 34.5 Å². The number of nitrogens with one attached hydrogen (secondary N) is 2. The molecular weight excluding hydrogens is 630 g/mol. The first-order valence-corrected chi connectivity index (χ1v) is 16.7. The largest absolute Gasteiger partial charge is 0.606 e. The Morgan fingerprint density at radius 1 is 1.00 bits per heavy atom. The number of amides is 1. The zero-order chi connectivity index (χ0) is 33.1. The Labute approximate surface area is 274 Å². The molecule has 1 aromatic heterocycles. The fourth-order valence-corrected chi connectivity index (χ4v) is 6.88. The number of carbonyl (C=O) groups excluding carboxylic acids is 2. The van der Waals surface area contributed by atoms with E-state index in [4.69, 9.17) is 9.47 Å². The van der Waals surface area contributed by atoms with Gasteiger partial charge in [0.15, 0.2) is 15.6 Å². The molecule has 3 heterocycles. The standard InChI is InChI=1S/C33H36F2N6O5S/c1-3-46-33(43)41-30-7-5-25(47(44)26-17-21(34)16-22(35)18-26)20-28(30)31(38-41)37-32(42)27-6-4-24(40-12-10-39(2)11-13-40)19-29(27)36-23-8-14-45-15-9-23/h4-7,16-20,23,36H,3,8-15H2,1-2H3,(H,37,38,42). The molecule has 1 unspecified atom stereocenters. The van der Waals surface area contributed by atoms with E-state index in [1.54, 1.807) is 13.0 Å². The zero-order valence-corrected chi connectivity index (χ0v) is 26.9. The van der Waals surface area contributed by atoms with Gasteiger partial charge in [0.2, 0.25) is 0 Å². The summed E-state index contributed by atoms with van der Waals surface area (Å²) in [5.74, 6) is -2.16. The summed E-state index contributed by atoms with van der Waals surface area (Å²) in [7, 11) is 2.10. The van der Waals surface area contributed by atoms with Crippen LogP contribution in [-0.2, 0) is 20.6 Å². The van der Waals surface area contributed by atoms with E-state index in [0.717, 1.165) is 61.5 Å². The minimum absolute atomic E-state index is 0.0301. The fourth-order valence-electron chi connectivity index (χ4n) is 5.75. The first kappa shape index (κ1) is 32.7. The molecule has 2 aliphatic rings. The van der Waals surface area contributed by atoms with Crippen LogP contribution in [0.2, 0.25) is 0 Å². The lowest BCUT2D eigenvalue weighted by atomic mass is 10.1. The van der Waals surface area contributed by atoms with E-state index in [2.05, 4.69) is 32.6 Å². The Morgan fingerprint density at radius 3 is 2.43 bits per heavy atom. The first-order valence-electron chi connectivity index (χ1n) is 15.5. The number of carbonyl (C=O) groups is 2. The van der Waals surface area contributed by atoms with Gasteiger partial charge in [-0.2, -0.15) is 4.68 Å². The molecule has 3 aromatic carbocycles. The van der Waals surface area contributed by atoms with E-state index in [1.165, 1.54) is 18.2 Å². The molecule has 4 aromatic rings. The maximum atomic E-state index is 14.0. The third-order valence-electron chi connectivity index (χ3n) is 8.29. The monoisotopic (exact) mass is 666 g/mol. The maximum absolute atomic E-state index is 14.0. The van der Waals surface area contributed by atoms with Gasteiger partial charge in [-0.3, -0.25) is 4.79 Å². The van der Waals surface area contributed by atoms with E-state index in [9.17, 15) is 22.9 Å². The second-order valence-corrected chi connectivity index (χ2v) is 13.0. The van der Waals surface area contributed by atoms with Crippen LogP contribution >= 0.6 is 0 Å². The van der Waals surface area contributed by atoms with Crippen LogP contribution < -0.4 is 15.5 Å². The van der Waals surface area contributed by atoms with Gasteiger partial charge in [-0.15, -0.1) is 5.10 Å². The number of likely N-dealkylation sites (N-methyl/N-ethyl adjacent to an activating group) is 1. The predicted molar refractivity (Wildman–Crippen MR) is 175 cm³/mol. The van der Waals surface area contributed by atoms with Crippen molar-refractivity contribution in [2.45, 2.75) is 35.6 Å². The summed E-state index contributed by atoms with van der Waals surface area (Å²) in [6.07, 6.45) is 0.824. The number of halogens is 2. The lowest BCUT2D eigenvalue weighted by Crippen LogP contribution is -2.44. The number of nitrogens with zero attached hydrogens (tertiary/aromatic N) is 4. The van der Waals surface area contributed by atoms with E-state index >= 15 is 0 Å². The van der Waals surface area contributed by atoms with Crippen LogP contribution in [0.15, 0.2) is 64.4 Å². The number of benzene rings is 3. The van der Waals surface area contributed by atoms with E-state index in [-0.39, 0.29) is 33.8 Å². The summed E-state index contributed by atoms with van der Waals surface area (Å²) < 4.78 is 52.9. The van der Waals surface area contributed by atoms with Crippen LogP contribution in [0.1, 0.15) is 30.1 Å². The highest BCUT2D eigenvalue weighted by Crippen LogP contribution is 2.32. The molecule has 47 heavy (non-hydrogen) atoms. The van der Waals surface area contributed by atoms with Crippen LogP contribution in [0.3, 0.4) is 0 Å². The smallest absolute Gasteiger partial charge is 0.435 e. The van der Waals surface area contributed by atoms with Gasteiger partial charge in [-0.1, -0.05) is 0 Å². The molecule has 1 atom stereocenters. The molecule has 1 amide bonds. The number of rotatable bonds is 8. The number of hydrogen-bond donors (Lipinski definition) is 2. The summed E-state index contributed by atoms with van der Waals surface area (Å²) in [5.41, 5.74) is 2.33. The summed E-state index contributed by atoms with van der Waals surface area (Å²) in [4.78, 5) is 31.5. The van der Waals surface area contributed by atoms with E-state index in [0.29, 0.717) is 35.9 Å². The number of ether oxygens (including phenoxy) is 2. The molecule has 0 aliphatic carbocycles. The predicted octanol–water partition coefficient (Wildman–Crippen LogP) is 5.08. The van der Waals surface area contributed by atoms with Gasteiger partial charge in [0.25, 0.3) is 5.91 Å². The minimum Gasteiger partial charge on any atom is -0.606 e. The topological polar surface area (TPSA) is 124 Å². The van der Waals surface area contributed by atoms with Gasteiger partial charge in [0.1, 0.15) is 11.6 Å². The summed E-state index contributed by atoms with van der Waals surface area (Å²) in [6, 6.07) is 12.9. The number of fused-ring (bicyclic) bond motifs is 1. The number of anilines is 3. The van der Waals surface area contributed by atoms with Crippen molar-refractivity contribution in [1.29, 1.82) is 0 Å². The molecule has 11 nitrogen and oxygen atoms in total. The number of hydrogen-bond acceptors (Lipinski definition) is 9. The normalized spacial score (nSPS) is 16.7. The van der Waals surface area contributed by atoms with Crippen molar-refractivity contribution in [1.82, 2.24) is 14.7 Å². The highest BCUT2D eigenvalue weighted by molar-refractivity contribution is 7.91. The quantitative estimate of drug-likeness (QED) is 0.248. The SMILES string of the molecule is CCOC(=O)n1nc(NC(=O)c2ccc(N3CCN(C)CC3)cc2NC2CCOCC2)c2cc([S+]([O-])c3cc(F)cc(F)c3)ccc21. The molecule has 2 N–H and O–H groups in total. The Hall–Kier alpha value is -4.24. The lowest BCUT2D eigenvalue weighted by molar-refractivity contribution is 0.0904. The van der Waals surface area contributed by atoms with Crippen LogP contribution in [0.25, 0.3) is 10.9 Å². The second kappa shape index (κ2) is 14.3. The van der Waals surface area contributed by atoms with Crippen LogP contribution in [-0.4, -0.2) is 90.3 Å². The Balaban J connectivity index is 1.35. The highest BCUT2D eigenvalue weighted by Gasteiger charge is 2.26. The first-order chi connectivity index (χ1) is 22.7. The Kier molecular flexibility index (Phi) is 9.92. The lowest BCUT2D eigenvalue weighted by Gasteiger charge is -2.34. The molecule has 2 fully saturated rings. The Morgan fingerprint density at radius 2 is 1.72 bits per heavy atom. The van der Waals surface area contributed by atoms with Gasteiger partial charge in [-0.25, -0.2) is 13.6 Å². The minimum atomic E-state index is -1.97. The molecule has 0 bridgehead atoms. The van der Waals surface area contributed by atoms with Gasteiger partial charge in [0.05, 0.1) is 23.1 Å². The molecular formula is C33H36F2N6O5S. The average molecular weight is 667 g/mol. The third kappa shape index (κ3) is 7.35. The molecule has 0 radical (unpaired) electrons. The van der Waals surface area contributed by atoms with E-state index < -0.39 is 34.8 Å². The molecule has 14 heteroatoms. The Bertz CT molecular complexity index is 1750. The van der Waals surface area contributed by atoms with Crippen molar-refractivity contribution in [3.63, 3.8) is 0 Å².